The fourth-order valence-electron chi connectivity index (χ4n) is 2.86. The van der Waals surface area contributed by atoms with Crippen LogP contribution in [0, 0.1) is 6.92 Å². The minimum atomic E-state index is -0.226. The first-order valence-corrected chi connectivity index (χ1v) is 8.63. The first-order chi connectivity index (χ1) is 11.6. The smallest absolute Gasteiger partial charge is 0.257 e. The van der Waals surface area contributed by atoms with Crippen molar-refractivity contribution in [3.63, 3.8) is 0 Å². The summed E-state index contributed by atoms with van der Waals surface area (Å²) in [4.78, 5) is 33.9. The lowest BCUT2D eigenvalue weighted by Crippen LogP contribution is -2.11. The van der Waals surface area contributed by atoms with Gasteiger partial charge in [0.25, 0.3) is 5.91 Å². The van der Waals surface area contributed by atoms with Crippen molar-refractivity contribution in [3.05, 3.63) is 52.2 Å². The number of thiazole rings is 1. The summed E-state index contributed by atoms with van der Waals surface area (Å²) in [5.74, 6) is -0.0996. The number of aromatic nitrogens is 2. The van der Waals surface area contributed by atoms with Crippen molar-refractivity contribution in [2.75, 3.05) is 5.32 Å². The number of nitrogens with one attached hydrogen (secondary N) is 1. The van der Waals surface area contributed by atoms with E-state index in [0.717, 1.165) is 35.1 Å². The highest BCUT2D eigenvalue weighted by Gasteiger charge is 2.23. The number of ketones is 1. The van der Waals surface area contributed by atoms with Crippen LogP contribution in [0.25, 0.3) is 10.9 Å². The van der Waals surface area contributed by atoms with Crippen LogP contribution in [0.5, 0.6) is 0 Å². The van der Waals surface area contributed by atoms with Gasteiger partial charge in [-0.05, 0) is 44.0 Å². The van der Waals surface area contributed by atoms with E-state index in [1.54, 1.807) is 6.07 Å². The van der Waals surface area contributed by atoms with E-state index >= 15 is 0 Å². The van der Waals surface area contributed by atoms with Gasteiger partial charge in [-0.1, -0.05) is 17.4 Å². The van der Waals surface area contributed by atoms with Crippen molar-refractivity contribution in [1.82, 2.24) is 9.97 Å². The minimum Gasteiger partial charge on any atom is -0.298 e. The second kappa shape index (κ2) is 5.79. The lowest BCUT2D eigenvalue weighted by Gasteiger charge is -2.05. The molecule has 0 spiro atoms. The highest BCUT2D eigenvalue weighted by Crippen LogP contribution is 2.30. The van der Waals surface area contributed by atoms with E-state index in [1.165, 1.54) is 11.3 Å². The number of fused-ring (bicyclic) bond motifs is 2. The average Bonchev–Trinajstić information content (AvgIpc) is 2.98. The number of carbonyl (C=O) groups excluding carboxylic acids is 2. The fraction of sp³-hybridized carbons (Fsp3) is 0.222. The molecule has 120 valence electrons. The van der Waals surface area contributed by atoms with Crippen LogP contribution in [-0.4, -0.2) is 21.7 Å². The Morgan fingerprint density at radius 3 is 2.88 bits per heavy atom. The van der Waals surface area contributed by atoms with Crippen molar-refractivity contribution in [2.24, 2.45) is 0 Å². The van der Waals surface area contributed by atoms with Gasteiger partial charge in [0, 0.05) is 23.1 Å². The monoisotopic (exact) mass is 337 g/mol. The predicted octanol–water partition coefficient (Wildman–Crippen LogP) is 3.77. The Labute approximate surface area is 142 Å². The number of pyridine rings is 1. The second-order valence-electron chi connectivity index (χ2n) is 5.89. The molecule has 24 heavy (non-hydrogen) atoms. The van der Waals surface area contributed by atoms with Crippen LogP contribution in [0.15, 0.2) is 30.3 Å². The van der Waals surface area contributed by atoms with Crippen LogP contribution in [0.2, 0.25) is 0 Å². The number of hydrogen-bond donors (Lipinski definition) is 1. The summed E-state index contributed by atoms with van der Waals surface area (Å²) in [6, 6.07) is 9.28. The molecule has 1 aliphatic carbocycles. The highest BCUT2D eigenvalue weighted by atomic mass is 32.1. The number of aryl methyl sites for hydroxylation is 2. The Hall–Kier alpha value is -2.60. The van der Waals surface area contributed by atoms with Gasteiger partial charge >= 0.3 is 0 Å². The molecule has 3 aromatic rings. The van der Waals surface area contributed by atoms with Gasteiger partial charge < -0.3 is 0 Å². The maximum Gasteiger partial charge on any atom is 0.257 e. The third-order valence-electron chi connectivity index (χ3n) is 4.08. The maximum atomic E-state index is 12.5. The van der Waals surface area contributed by atoms with Crippen molar-refractivity contribution in [2.45, 2.75) is 26.2 Å². The summed E-state index contributed by atoms with van der Waals surface area (Å²) in [6.07, 6.45) is 2.20. The molecule has 0 saturated carbocycles. The van der Waals surface area contributed by atoms with E-state index in [1.807, 2.05) is 31.2 Å². The molecule has 1 amide bonds. The molecule has 2 aromatic heterocycles. The SMILES string of the molecule is Cc1ccc2cc(C(=O)Nc3nc4c(s3)C(=O)CCC4)ccc2n1. The zero-order valence-electron chi connectivity index (χ0n) is 13.1. The summed E-state index contributed by atoms with van der Waals surface area (Å²) in [5, 5.41) is 4.21. The van der Waals surface area contributed by atoms with E-state index in [9.17, 15) is 9.59 Å². The van der Waals surface area contributed by atoms with Gasteiger partial charge in [-0.25, -0.2) is 4.98 Å². The largest absolute Gasteiger partial charge is 0.298 e. The normalized spacial score (nSPS) is 13.8. The van der Waals surface area contributed by atoms with Crippen LogP contribution < -0.4 is 5.32 Å². The van der Waals surface area contributed by atoms with E-state index in [0.29, 0.717) is 22.0 Å². The number of benzene rings is 1. The van der Waals surface area contributed by atoms with Crippen molar-refractivity contribution in [1.29, 1.82) is 0 Å². The van der Waals surface area contributed by atoms with Gasteiger partial charge in [0.15, 0.2) is 10.9 Å². The fourth-order valence-corrected chi connectivity index (χ4v) is 3.83. The Balaban J connectivity index is 1.60. The second-order valence-corrected chi connectivity index (χ2v) is 6.88. The Bertz CT molecular complexity index is 978. The molecule has 1 aromatic carbocycles. The van der Waals surface area contributed by atoms with Crippen LogP contribution >= 0.6 is 11.3 Å². The van der Waals surface area contributed by atoms with E-state index in [2.05, 4.69) is 15.3 Å². The predicted molar refractivity (Wildman–Crippen MR) is 93.8 cm³/mol. The molecule has 0 atom stereocenters. The quantitative estimate of drug-likeness (QED) is 0.772. The Morgan fingerprint density at radius 1 is 1.17 bits per heavy atom. The van der Waals surface area contributed by atoms with Crippen LogP contribution in [0.1, 0.15) is 44.3 Å². The molecule has 0 saturated heterocycles. The zero-order valence-corrected chi connectivity index (χ0v) is 13.9. The average molecular weight is 337 g/mol. The Kier molecular flexibility index (Phi) is 3.61. The highest BCUT2D eigenvalue weighted by molar-refractivity contribution is 7.17. The van der Waals surface area contributed by atoms with Gasteiger partial charge in [0.1, 0.15) is 0 Å². The molecule has 0 radical (unpaired) electrons. The minimum absolute atomic E-state index is 0.126. The van der Waals surface area contributed by atoms with Gasteiger partial charge in [-0.15, -0.1) is 0 Å². The van der Waals surface area contributed by atoms with Crippen molar-refractivity contribution in [3.8, 4) is 0 Å². The third-order valence-corrected chi connectivity index (χ3v) is 5.13. The molecule has 0 fully saturated rings. The summed E-state index contributed by atoms with van der Waals surface area (Å²) >= 11 is 1.27. The summed E-state index contributed by atoms with van der Waals surface area (Å²) < 4.78 is 0. The summed E-state index contributed by atoms with van der Waals surface area (Å²) in [5.41, 5.74) is 3.16. The summed E-state index contributed by atoms with van der Waals surface area (Å²) in [7, 11) is 0. The topological polar surface area (TPSA) is 72.0 Å². The first kappa shape index (κ1) is 15.0. The molecular weight excluding hydrogens is 322 g/mol. The number of Topliss-reactive ketones (excluding diaryl/α,β-unsaturated/α-hetero) is 1. The van der Waals surface area contributed by atoms with E-state index in [4.69, 9.17) is 0 Å². The van der Waals surface area contributed by atoms with Gasteiger partial charge in [0.2, 0.25) is 0 Å². The number of carbonyl (C=O) groups is 2. The molecule has 1 aliphatic rings. The lowest BCUT2D eigenvalue weighted by atomic mass is 10.0. The third kappa shape index (κ3) is 2.69. The van der Waals surface area contributed by atoms with Crippen molar-refractivity contribution < 1.29 is 9.59 Å². The van der Waals surface area contributed by atoms with Crippen LogP contribution in [-0.2, 0) is 6.42 Å². The van der Waals surface area contributed by atoms with Gasteiger partial charge in [-0.2, -0.15) is 0 Å². The zero-order chi connectivity index (χ0) is 16.7. The number of amides is 1. The molecule has 2 heterocycles. The standard InChI is InChI=1S/C18H15N3O2S/c1-10-5-6-11-9-12(7-8-13(11)19-10)17(23)21-18-20-14-3-2-4-15(22)16(14)24-18/h5-9H,2-4H2,1H3,(H,20,21,23). The molecule has 6 heteroatoms. The van der Waals surface area contributed by atoms with Gasteiger partial charge in [0.05, 0.1) is 16.1 Å². The van der Waals surface area contributed by atoms with Crippen LogP contribution in [0.3, 0.4) is 0 Å². The van der Waals surface area contributed by atoms with Crippen molar-refractivity contribution >= 4 is 39.1 Å². The van der Waals surface area contributed by atoms with E-state index < -0.39 is 0 Å². The molecule has 4 rings (SSSR count). The number of anilines is 1. The van der Waals surface area contributed by atoms with Gasteiger partial charge in [-0.3, -0.25) is 19.9 Å². The first-order valence-electron chi connectivity index (χ1n) is 7.82. The van der Waals surface area contributed by atoms with E-state index in [-0.39, 0.29) is 11.7 Å². The number of rotatable bonds is 2. The number of hydrogen-bond acceptors (Lipinski definition) is 5. The molecule has 0 bridgehead atoms. The molecule has 1 N–H and O–H groups in total. The number of nitrogens with zero attached hydrogens (tertiary/aromatic N) is 2. The molecule has 0 aliphatic heterocycles. The maximum absolute atomic E-state index is 12.5. The summed E-state index contributed by atoms with van der Waals surface area (Å²) in [6.45, 7) is 1.94. The lowest BCUT2D eigenvalue weighted by molar-refractivity contribution is 0.0975. The molecule has 0 unspecified atom stereocenters. The van der Waals surface area contributed by atoms with Crippen LogP contribution in [0.4, 0.5) is 5.13 Å². The molecular formula is C18H15N3O2S. The Morgan fingerprint density at radius 2 is 2.04 bits per heavy atom. The molecule has 5 nitrogen and oxygen atoms in total.